The third-order valence-electron chi connectivity index (χ3n) is 5.02. The Kier molecular flexibility index (Phi) is 5.81. The van der Waals surface area contributed by atoms with Crippen LogP contribution >= 0.6 is 12.4 Å². The molecular weight excluding hydrogens is 341 g/mol. The van der Waals surface area contributed by atoms with E-state index < -0.39 is 17.2 Å². The normalized spacial score (nSPS) is 22.9. The number of alkyl halides is 3. The van der Waals surface area contributed by atoms with Crippen molar-refractivity contribution in [2.24, 2.45) is 0 Å². The number of hydrogen-bond donors (Lipinski definition) is 2. The summed E-state index contributed by atoms with van der Waals surface area (Å²) in [7, 11) is 0. The van der Waals surface area contributed by atoms with E-state index in [1.165, 1.54) is 6.07 Å². The molecule has 3 rings (SSSR count). The van der Waals surface area contributed by atoms with Crippen molar-refractivity contribution in [2.45, 2.75) is 49.7 Å². The summed E-state index contributed by atoms with van der Waals surface area (Å²) in [6.07, 6.45) is -0.378. The van der Waals surface area contributed by atoms with Crippen molar-refractivity contribution in [3.8, 4) is 0 Å². The Morgan fingerprint density at radius 1 is 1.25 bits per heavy atom. The van der Waals surface area contributed by atoms with Crippen LogP contribution in [0.25, 0.3) is 0 Å². The standard InChI is InChI=1S/C17H21F3N2O.ClH/c18-17(19,20)13-5-1-4-12(10-13)16(7-3-8-16)15(23)22-14-6-2-9-21-11-14;/h1,4-5,10,14,21H,2-3,6-9,11H2,(H,22,23);1H/t14-;/m0./s1. The van der Waals surface area contributed by atoms with Crippen LogP contribution < -0.4 is 10.6 Å². The molecule has 1 atom stereocenters. The highest BCUT2D eigenvalue weighted by molar-refractivity contribution is 5.89. The molecule has 0 spiro atoms. The summed E-state index contributed by atoms with van der Waals surface area (Å²) in [4.78, 5) is 12.8. The molecule has 1 saturated carbocycles. The number of amides is 1. The van der Waals surface area contributed by atoms with Crippen LogP contribution in [-0.2, 0) is 16.4 Å². The van der Waals surface area contributed by atoms with Gasteiger partial charge < -0.3 is 10.6 Å². The van der Waals surface area contributed by atoms with Gasteiger partial charge in [0.15, 0.2) is 0 Å². The van der Waals surface area contributed by atoms with Crippen LogP contribution in [0.2, 0.25) is 0 Å². The molecule has 0 radical (unpaired) electrons. The average Bonchev–Trinajstić information content (AvgIpc) is 2.46. The molecule has 2 aliphatic rings. The number of nitrogens with one attached hydrogen (secondary N) is 2. The van der Waals surface area contributed by atoms with Crippen LogP contribution in [0, 0.1) is 0 Å². The molecule has 2 fully saturated rings. The summed E-state index contributed by atoms with van der Waals surface area (Å²) in [5, 5.41) is 6.27. The Hall–Kier alpha value is -1.27. The van der Waals surface area contributed by atoms with Gasteiger partial charge in [0, 0.05) is 12.6 Å². The number of benzene rings is 1. The maximum atomic E-state index is 12.9. The molecule has 1 aliphatic carbocycles. The van der Waals surface area contributed by atoms with E-state index in [1.54, 1.807) is 6.07 Å². The van der Waals surface area contributed by atoms with Gasteiger partial charge >= 0.3 is 6.18 Å². The maximum Gasteiger partial charge on any atom is 0.416 e. The predicted molar refractivity (Wildman–Crippen MR) is 88.3 cm³/mol. The number of carbonyl (C=O) groups is 1. The van der Waals surface area contributed by atoms with Gasteiger partial charge in [0.05, 0.1) is 11.0 Å². The topological polar surface area (TPSA) is 41.1 Å². The molecule has 2 N–H and O–H groups in total. The van der Waals surface area contributed by atoms with Gasteiger partial charge in [-0.15, -0.1) is 12.4 Å². The molecule has 1 aromatic carbocycles. The van der Waals surface area contributed by atoms with E-state index in [0.29, 0.717) is 18.4 Å². The van der Waals surface area contributed by atoms with E-state index in [-0.39, 0.29) is 24.4 Å². The molecule has 0 aromatic heterocycles. The van der Waals surface area contributed by atoms with E-state index >= 15 is 0 Å². The van der Waals surface area contributed by atoms with E-state index in [0.717, 1.165) is 44.5 Å². The minimum Gasteiger partial charge on any atom is -0.351 e. The molecule has 1 amide bonds. The highest BCUT2D eigenvalue weighted by Crippen LogP contribution is 2.45. The molecule has 1 aromatic rings. The fourth-order valence-electron chi connectivity index (χ4n) is 3.47. The summed E-state index contributed by atoms with van der Waals surface area (Å²) >= 11 is 0. The van der Waals surface area contributed by atoms with Crippen LogP contribution in [-0.4, -0.2) is 25.0 Å². The number of hydrogen-bond acceptors (Lipinski definition) is 2. The lowest BCUT2D eigenvalue weighted by Crippen LogP contribution is -2.55. The van der Waals surface area contributed by atoms with Crippen molar-refractivity contribution >= 4 is 18.3 Å². The molecule has 1 aliphatic heterocycles. The van der Waals surface area contributed by atoms with E-state index in [4.69, 9.17) is 0 Å². The van der Waals surface area contributed by atoms with Crippen molar-refractivity contribution in [2.75, 3.05) is 13.1 Å². The van der Waals surface area contributed by atoms with Crippen molar-refractivity contribution < 1.29 is 18.0 Å². The second-order valence-corrected chi connectivity index (χ2v) is 6.53. The minimum absolute atomic E-state index is 0. The van der Waals surface area contributed by atoms with Gasteiger partial charge in [-0.3, -0.25) is 4.79 Å². The van der Waals surface area contributed by atoms with E-state index in [2.05, 4.69) is 10.6 Å². The zero-order valence-corrected chi connectivity index (χ0v) is 14.1. The predicted octanol–water partition coefficient (Wildman–Crippen LogP) is 3.42. The monoisotopic (exact) mass is 362 g/mol. The lowest BCUT2D eigenvalue weighted by molar-refractivity contribution is -0.138. The minimum atomic E-state index is -4.38. The Labute approximate surface area is 145 Å². The lowest BCUT2D eigenvalue weighted by atomic mass is 9.63. The number of rotatable bonds is 3. The van der Waals surface area contributed by atoms with Gasteiger partial charge in [0.2, 0.25) is 5.91 Å². The Morgan fingerprint density at radius 2 is 2.00 bits per heavy atom. The molecule has 1 heterocycles. The van der Waals surface area contributed by atoms with Gasteiger partial charge in [0.1, 0.15) is 0 Å². The second kappa shape index (κ2) is 7.31. The average molecular weight is 363 g/mol. The molecule has 3 nitrogen and oxygen atoms in total. The van der Waals surface area contributed by atoms with Gasteiger partial charge in [-0.2, -0.15) is 13.2 Å². The Balaban J connectivity index is 0.00000208. The van der Waals surface area contributed by atoms with Gasteiger partial charge in [-0.05, 0) is 43.9 Å². The zero-order chi connectivity index (χ0) is 16.5. The summed E-state index contributed by atoms with van der Waals surface area (Å²) in [6, 6.07) is 5.30. The lowest BCUT2D eigenvalue weighted by Gasteiger charge is -2.42. The van der Waals surface area contributed by atoms with Crippen molar-refractivity contribution in [3.05, 3.63) is 35.4 Å². The summed E-state index contributed by atoms with van der Waals surface area (Å²) < 4.78 is 38.8. The van der Waals surface area contributed by atoms with Crippen LogP contribution in [0.1, 0.15) is 43.2 Å². The zero-order valence-electron chi connectivity index (χ0n) is 13.3. The Bertz CT molecular complexity index is 581. The highest BCUT2D eigenvalue weighted by Gasteiger charge is 2.47. The SMILES string of the molecule is Cl.O=C(N[C@H]1CCCNC1)C1(c2cccc(C(F)(F)F)c2)CCC1. The quantitative estimate of drug-likeness (QED) is 0.865. The summed E-state index contributed by atoms with van der Waals surface area (Å²) in [6.45, 7) is 1.68. The molecule has 134 valence electrons. The molecule has 7 heteroatoms. The first-order chi connectivity index (χ1) is 10.9. The molecule has 24 heavy (non-hydrogen) atoms. The fraction of sp³-hybridized carbons (Fsp3) is 0.588. The fourth-order valence-corrected chi connectivity index (χ4v) is 3.47. The third-order valence-corrected chi connectivity index (χ3v) is 5.02. The first kappa shape index (κ1) is 19.1. The molecule has 0 unspecified atom stereocenters. The number of piperidine rings is 1. The van der Waals surface area contributed by atoms with Crippen LogP contribution in [0.5, 0.6) is 0 Å². The van der Waals surface area contributed by atoms with Crippen molar-refractivity contribution in [1.82, 2.24) is 10.6 Å². The third kappa shape index (κ3) is 3.70. The second-order valence-electron chi connectivity index (χ2n) is 6.53. The first-order valence-electron chi connectivity index (χ1n) is 8.11. The summed E-state index contributed by atoms with van der Waals surface area (Å²) in [5.74, 6) is -0.128. The maximum absolute atomic E-state index is 12.9. The summed E-state index contributed by atoms with van der Waals surface area (Å²) in [5.41, 5.74) is -0.994. The van der Waals surface area contributed by atoms with Crippen LogP contribution in [0.4, 0.5) is 13.2 Å². The van der Waals surface area contributed by atoms with Gasteiger partial charge in [-0.25, -0.2) is 0 Å². The van der Waals surface area contributed by atoms with Crippen LogP contribution in [0.3, 0.4) is 0 Å². The Morgan fingerprint density at radius 3 is 2.54 bits per heavy atom. The molecule has 1 saturated heterocycles. The first-order valence-corrected chi connectivity index (χ1v) is 8.11. The van der Waals surface area contributed by atoms with Crippen LogP contribution in [0.15, 0.2) is 24.3 Å². The molecule has 0 bridgehead atoms. The molecular formula is C17H22ClF3N2O. The number of carbonyl (C=O) groups excluding carboxylic acids is 1. The van der Waals surface area contributed by atoms with E-state index in [9.17, 15) is 18.0 Å². The van der Waals surface area contributed by atoms with E-state index in [1.807, 2.05) is 0 Å². The highest BCUT2D eigenvalue weighted by atomic mass is 35.5. The van der Waals surface area contributed by atoms with Crippen molar-refractivity contribution in [3.63, 3.8) is 0 Å². The number of halogens is 4. The largest absolute Gasteiger partial charge is 0.416 e. The smallest absolute Gasteiger partial charge is 0.351 e. The van der Waals surface area contributed by atoms with Gasteiger partial charge in [-0.1, -0.05) is 24.6 Å². The van der Waals surface area contributed by atoms with Gasteiger partial charge in [0.25, 0.3) is 0 Å². The van der Waals surface area contributed by atoms with Crippen molar-refractivity contribution in [1.29, 1.82) is 0 Å².